The predicted octanol–water partition coefficient (Wildman–Crippen LogP) is 4.40. The lowest BCUT2D eigenvalue weighted by Gasteiger charge is -2.40. The number of carbonyl (C=O) groups excluding carboxylic acids is 2. The van der Waals surface area contributed by atoms with Gasteiger partial charge in [0.1, 0.15) is 0 Å². The molecule has 1 saturated heterocycles. The molecule has 2 aromatic rings. The SMILES string of the molecule is COCCCOc1cc(C(=O)N(C(C)C)C2CCC(CCN(C(=O)Cc3cccc(C(=O)O)c3)C3CC3)NC2)ccc1OC. The van der Waals surface area contributed by atoms with Crippen LogP contribution < -0.4 is 14.8 Å². The maximum atomic E-state index is 13.8. The van der Waals surface area contributed by atoms with E-state index >= 15 is 0 Å². The van der Waals surface area contributed by atoms with Crippen molar-refractivity contribution in [2.24, 2.45) is 0 Å². The summed E-state index contributed by atoms with van der Waals surface area (Å²) in [5.41, 5.74) is 1.48. The summed E-state index contributed by atoms with van der Waals surface area (Å²) in [7, 11) is 3.24. The van der Waals surface area contributed by atoms with Crippen molar-refractivity contribution in [2.45, 2.75) is 83.0 Å². The molecule has 1 aliphatic heterocycles. The molecule has 2 atom stereocenters. The summed E-state index contributed by atoms with van der Waals surface area (Å²) in [4.78, 5) is 42.3. The molecule has 4 rings (SSSR count). The Balaban J connectivity index is 1.32. The van der Waals surface area contributed by atoms with Crippen molar-refractivity contribution < 1.29 is 33.7 Å². The fourth-order valence-electron chi connectivity index (χ4n) is 5.95. The normalized spacial score (nSPS) is 18.1. The molecule has 240 valence electrons. The van der Waals surface area contributed by atoms with Crippen molar-refractivity contribution in [3.63, 3.8) is 0 Å². The number of rotatable bonds is 16. The Labute approximate surface area is 260 Å². The van der Waals surface area contributed by atoms with Crippen molar-refractivity contribution in [3.8, 4) is 11.5 Å². The minimum atomic E-state index is -0.991. The van der Waals surface area contributed by atoms with Crippen molar-refractivity contribution in [3.05, 3.63) is 59.2 Å². The van der Waals surface area contributed by atoms with Gasteiger partial charge in [-0.3, -0.25) is 9.59 Å². The number of aromatic carboxylic acids is 1. The first-order valence-electron chi connectivity index (χ1n) is 15.7. The number of carboxylic acid groups (broad SMARTS) is 1. The lowest BCUT2D eigenvalue weighted by atomic mass is 9.95. The van der Waals surface area contributed by atoms with Gasteiger partial charge in [0.15, 0.2) is 11.5 Å². The fraction of sp³-hybridized carbons (Fsp3) is 0.559. The first-order valence-corrected chi connectivity index (χ1v) is 15.7. The summed E-state index contributed by atoms with van der Waals surface area (Å²) < 4.78 is 16.5. The Bertz CT molecular complexity index is 1270. The van der Waals surface area contributed by atoms with E-state index in [-0.39, 0.29) is 48.0 Å². The number of methoxy groups -OCH3 is 2. The highest BCUT2D eigenvalue weighted by Crippen LogP contribution is 2.31. The van der Waals surface area contributed by atoms with E-state index in [1.807, 2.05) is 29.7 Å². The molecule has 10 nitrogen and oxygen atoms in total. The van der Waals surface area contributed by atoms with E-state index in [1.165, 1.54) is 0 Å². The molecule has 0 radical (unpaired) electrons. The summed E-state index contributed by atoms with van der Waals surface area (Å²) in [6.45, 7) is 6.49. The van der Waals surface area contributed by atoms with Crippen LogP contribution in [-0.4, -0.2) is 97.4 Å². The number of hydrogen-bond acceptors (Lipinski definition) is 7. The van der Waals surface area contributed by atoms with E-state index in [4.69, 9.17) is 14.2 Å². The van der Waals surface area contributed by atoms with Gasteiger partial charge in [0.05, 0.1) is 25.7 Å². The summed E-state index contributed by atoms with van der Waals surface area (Å²) in [6.07, 6.45) is 5.58. The second-order valence-electron chi connectivity index (χ2n) is 12.0. The van der Waals surface area contributed by atoms with E-state index < -0.39 is 5.97 Å². The van der Waals surface area contributed by atoms with Crippen LogP contribution in [0.25, 0.3) is 0 Å². The topological polar surface area (TPSA) is 118 Å². The van der Waals surface area contributed by atoms with Gasteiger partial charge in [-0.1, -0.05) is 12.1 Å². The first kappa shape index (κ1) is 33.3. The predicted molar refractivity (Wildman–Crippen MR) is 168 cm³/mol. The number of carboxylic acids is 1. The molecule has 2 aliphatic rings. The highest BCUT2D eigenvalue weighted by Gasteiger charge is 2.35. The molecule has 2 fully saturated rings. The second kappa shape index (κ2) is 15.9. The number of piperidine rings is 1. The number of ether oxygens (including phenoxy) is 3. The fourth-order valence-corrected chi connectivity index (χ4v) is 5.95. The zero-order valence-corrected chi connectivity index (χ0v) is 26.4. The molecule has 0 bridgehead atoms. The van der Waals surface area contributed by atoms with Gasteiger partial charge < -0.3 is 34.4 Å². The van der Waals surface area contributed by atoms with E-state index in [1.54, 1.807) is 50.6 Å². The highest BCUT2D eigenvalue weighted by molar-refractivity contribution is 5.95. The van der Waals surface area contributed by atoms with Gasteiger partial charge in [-0.05, 0) is 81.8 Å². The maximum Gasteiger partial charge on any atom is 0.335 e. The molecule has 44 heavy (non-hydrogen) atoms. The third-order valence-electron chi connectivity index (χ3n) is 8.39. The number of nitrogens with zero attached hydrogens (tertiary/aromatic N) is 2. The van der Waals surface area contributed by atoms with Crippen LogP contribution in [0.3, 0.4) is 0 Å². The van der Waals surface area contributed by atoms with Gasteiger partial charge in [-0.25, -0.2) is 4.79 Å². The molecule has 1 heterocycles. The quantitative estimate of drug-likeness (QED) is 0.269. The molecule has 2 N–H and O–H groups in total. The van der Waals surface area contributed by atoms with Crippen LogP contribution in [-0.2, 0) is 16.0 Å². The van der Waals surface area contributed by atoms with Crippen molar-refractivity contribution in [2.75, 3.05) is 40.5 Å². The summed E-state index contributed by atoms with van der Waals surface area (Å²) in [6, 6.07) is 12.6. The van der Waals surface area contributed by atoms with Crippen molar-refractivity contribution >= 4 is 17.8 Å². The van der Waals surface area contributed by atoms with E-state index in [9.17, 15) is 19.5 Å². The smallest absolute Gasteiger partial charge is 0.335 e. The third-order valence-corrected chi connectivity index (χ3v) is 8.39. The van der Waals surface area contributed by atoms with Gasteiger partial charge in [-0.2, -0.15) is 0 Å². The van der Waals surface area contributed by atoms with Crippen LogP contribution in [0, 0.1) is 0 Å². The summed E-state index contributed by atoms with van der Waals surface area (Å²) in [5.74, 6) is 0.150. The van der Waals surface area contributed by atoms with Gasteiger partial charge in [0.2, 0.25) is 5.91 Å². The zero-order chi connectivity index (χ0) is 31.6. The molecular formula is C34H47N3O7. The molecule has 1 aliphatic carbocycles. The number of hydrogen-bond donors (Lipinski definition) is 2. The monoisotopic (exact) mass is 609 g/mol. The van der Waals surface area contributed by atoms with Gasteiger partial charge >= 0.3 is 5.97 Å². The Morgan fingerprint density at radius 3 is 2.36 bits per heavy atom. The number of nitrogens with one attached hydrogen (secondary N) is 1. The molecule has 1 saturated carbocycles. The average molecular weight is 610 g/mol. The van der Waals surface area contributed by atoms with Gasteiger partial charge in [-0.15, -0.1) is 0 Å². The van der Waals surface area contributed by atoms with E-state index in [0.717, 1.165) is 44.1 Å². The van der Waals surface area contributed by atoms with E-state index in [2.05, 4.69) is 5.32 Å². The van der Waals surface area contributed by atoms with Crippen LogP contribution in [0.1, 0.15) is 78.7 Å². The maximum absolute atomic E-state index is 13.8. The molecular weight excluding hydrogens is 562 g/mol. The number of benzene rings is 2. The molecule has 2 aromatic carbocycles. The van der Waals surface area contributed by atoms with Gasteiger partial charge in [0, 0.05) is 63.0 Å². The zero-order valence-electron chi connectivity index (χ0n) is 26.4. The van der Waals surface area contributed by atoms with E-state index in [0.29, 0.717) is 43.4 Å². The largest absolute Gasteiger partial charge is 0.493 e. The Kier molecular flexibility index (Phi) is 12.0. The third kappa shape index (κ3) is 8.95. The Morgan fingerprint density at radius 1 is 0.955 bits per heavy atom. The van der Waals surface area contributed by atoms with Crippen LogP contribution in [0.15, 0.2) is 42.5 Å². The minimum Gasteiger partial charge on any atom is -0.493 e. The van der Waals surface area contributed by atoms with Crippen molar-refractivity contribution in [1.82, 2.24) is 15.1 Å². The molecule has 2 amide bonds. The minimum absolute atomic E-state index is 0.0154. The Hall–Kier alpha value is -3.63. The molecule has 2 unspecified atom stereocenters. The lowest BCUT2D eigenvalue weighted by molar-refractivity contribution is -0.131. The average Bonchev–Trinajstić information content (AvgIpc) is 3.85. The molecule has 10 heteroatoms. The standard InChI is InChI=1S/C34H47N3O7/c1-23(2)37(33(39)25-9-14-30(43-4)31(21-25)44-18-6-17-42-3)29-11-10-27(35-22-29)15-16-36(28-12-13-28)32(38)20-24-7-5-8-26(19-24)34(40)41/h5,7-9,14,19,21,23,27-29,35H,6,10-13,15-18,20,22H2,1-4H3,(H,40,41). The summed E-state index contributed by atoms with van der Waals surface area (Å²) >= 11 is 0. The van der Waals surface area contributed by atoms with Gasteiger partial charge in [0.25, 0.3) is 5.91 Å². The first-order chi connectivity index (χ1) is 21.2. The Morgan fingerprint density at radius 2 is 1.73 bits per heavy atom. The van der Waals surface area contributed by atoms with Crippen LogP contribution in [0.4, 0.5) is 0 Å². The van der Waals surface area contributed by atoms with Crippen molar-refractivity contribution in [1.29, 1.82) is 0 Å². The van der Waals surface area contributed by atoms with Crippen LogP contribution in [0.5, 0.6) is 11.5 Å². The summed E-state index contributed by atoms with van der Waals surface area (Å²) in [5, 5.41) is 12.9. The lowest BCUT2D eigenvalue weighted by Crippen LogP contribution is -2.54. The van der Waals surface area contributed by atoms with Crippen LogP contribution >= 0.6 is 0 Å². The highest BCUT2D eigenvalue weighted by atomic mass is 16.5. The number of carbonyl (C=O) groups is 3. The van der Waals surface area contributed by atoms with Crippen LogP contribution in [0.2, 0.25) is 0 Å². The molecule has 0 aromatic heterocycles. The molecule has 0 spiro atoms. The number of amides is 2. The second-order valence-corrected chi connectivity index (χ2v) is 12.0.